The Bertz CT molecular complexity index is 1090. The molecule has 0 bridgehead atoms. The van der Waals surface area contributed by atoms with E-state index in [0.29, 0.717) is 17.4 Å². The molecule has 0 saturated carbocycles. The highest BCUT2D eigenvalue weighted by molar-refractivity contribution is 7.47. The number of carbonyl (C=O) groups is 1. The molecule has 9 heteroatoms. The zero-order valence-corrected chi connectivity index (χ0v) is 41.8. The van der Waals surface area contributed by atoms with Gasteiger partial charge in [-0.2, -0.15) is 0 Å². The van der Waals surface area contributed by atoms with Crippen molar-refractivity contribution in [1.82, 2.24) is 5.32 Å². The highest BCUT2D eigenvalue weighted by Gasteiger charge is 2.27. The summed E-state index contributed by atoms with van der Waals surface area (Å²) in [6.45, 7) is 4.81. The fourth-order valence-corrected chi connectivity index (χ4v) is 8.22. The molecule has 0 rings (SSSR count). The minimum atomic E-state index is -4.34. The number of nitrogens with one attached hydrogen (secondary N) is 1. The van der Waals surface area contributed by atoms with Crippen LogP contribution in [-0.4, -0.2) is 73.4 Å². The number of nitrogens with zero attached hydrogens (tertiary/aromatic N) is 1. The van der Waals surface area contributed by atoms with E-state index in [1.165, 1.54) is 173 Å². The number of hydrogen-bond acceptors (Lipinski definition) is 5. The van der Waals surface area contributed by atoms with Crippen LogP contribution in [0.2, 0.25) is 0 Å². The third-order valence-electron chi connectivity index (χ3n) is 11.6. The lowest BCUT2D eigenvalue weighted by molar-refractivity contribution is -0.870. The van der Waals surface area contributed by atoms with E-state index in [-0.39, 0.29) is 19.1 Å². The van der Waals surface area contributed by atoms with Crippen LogP contribution in [0.15, 0.2) is 36.5 Å². The maximum Gasteiger partial charge on any atom is 0.472 e. The largest absolute Gasteiger partial charge is 0.472 e. The van der Waals surface area contributed by atoms with Crippen molar-refractivity contribution in [3.8, 4) is 0 Å². The van der Waals surface area contributed by atoms with Crippen LogP contribution in [0.3, 0.4) is 0 Å². The predicted octanol–water partition coefficient (Wildman–Crippen LogP) is 15.0. The molecule has 3 unspecified atom stereocenters. The van der Waals surface area contributed by atoms with Gasteiger partial charge < -0.3 is 19.8 Å². The number of hydrogen-bond donors (Lipinski definition) is 3. The number of rotatable bonds is 47. The standard InChI is InChI=1S/C52H101N2O6P/c1-6-8-10-12-14-16-18-20-21-22-23-24-25-26-27-28-29-30-31-32-33-34-36-38-40-42-44-46-52(56)53-50(49-60-61(57,58)59-48-47-54(3,4)5)51(55)45-43-41-39-37-35-19-17-15-13-11-9-7-2/h18,20,22-23,43,45,50-51,55H,6-17,19,21,24-42,44,46-49H2,1-5H3,(H-,53,56,57,58)/p+1/b20-18-,23-22-,45-43+. The van der Waals surface area contributed by atoms with Gasteiger partial charge in [-0.1, -0.05) is 217 Å². The summed E-state index contributed by atoms with van der Waals surface area (Å²) in [7, 11) is 1.58. The minimum Gasteiger partial charge on any atom is -0.387 e. The van der Waals surface area contributed by atoms with Gasteiger partial charge in [-0.3, -0.25) is 13.8 Å². The van der Waals surface area contributed by atoms with Gasteiger partial charge in [0.05, 0.1) is 39.9 Å². The first-order valence-electron chi connectivity index (χ1n) is 25.9. The van der Waals surface area contributed by atoms with E-state index < -0.39 is 20.0 Å². The Kier molecular flexibility index (Phi) is 43.0. The van der Waals surface area contributed by atoms with Crippen LogP contribution in [0.1, 0.15) is 239 Å². The molecule has 0 aliphatic rings. The average molecular weight is 882 g/mol. The maximum absolute atomic E-state index is 12.9. The van der Waals surface area contributed by atoms with Gasteiger partial charge in [-0.05, 0) is 51.4 Å². The topological polar surface area (TPSA) is 105 Å². The van der Waals surface area contributed by atoms with Crippen molar-refractivity contribution >= 4 is 13.7 Å². The number of phosphoric ester groups is 1. The summed E-state index contributed by atoms with van der Waals surface area (Å²) >= 11 is 0. The summed E-state index contributed by atoms with van der Waals surface area (Å²) in [4.78, 5) is 23.2. The average Bonchev–Trinajstić information content (AvgIpc) is 3.21. The molecular weight excluding hydrogens is 780 g/mol. The van der Waals surface area contributed by atoms with Crippen LogP contribution < -0.4 is 5.32 Å². The van der Waals surface area contributed by atoms with E-state index in [2.05, 4.69) is 43.5 Å². The van der Waals surface area contributed by atoms with Gasteiger partial charge in [-0.15, -0.1) is 0 Å². The molecule has 0 aromatic rings. The Morgan fingerprint density at radius 2 is 0.934 bits per heavy atom. The molecule has 0 heterocycles. The summed E-state index contributed by atoms with van der Waals surface area (Å²) in [5.74, 6) is -0.177. The molecule has 0 aliphatic carbocycles. The van der Waals surface area contributed by atoms with E-state index in [0.717, 1.165) is 44.9 Å². The smallest absolute Gasteiger partial charge is 0.387 e. The fourth-order valence-electron chi connectivity index (χ4n) is 7.48. The number of phosphoric acid groups is 1. The van der Waals surface area contributed by atoms with Gasteiger partial charge in [-0.25, -0.2) is 4.57 Å². The Hall–Kier alpha value is -1.28. The predicted molar refractivity (Wildman–Crippen MR) is 263 cm³/mol. The lowest BCUT2D eigenvalue weighted by Gasteiger charge is -2.25. The van der Waals surface area contributed by atoms with Crippen LogP contribution in [-0.2, 0) is 18.4 Å². The number of amides is 1. The number of carbonyl (C=O) groups excluding carboxylic acids is 1. The molecule has 0 aromatic heterocycles. The third kappa shape index (κ3) is 46.5. The van der Waals surface area contributed by atoms with E-state index in [1.54, 1.807) is 6.08 Å². The van der Waals surface area contributed by atoms with E-state index in [4.69, 9.17) is 9.05 Å². The first-order valence-corrected chi connectivity index (χ1v) is 27.4. The number of aliphatic hydroxyl groups excluding tert-OH is 1. The fraction of sp³-hybridized carbons (Fsp3) is 0.865. The van der Waals surface area contributed by atoms with Gasteiger partial charge in [0.15, 0.2) is 0 Å². The number of allylic oxidation sites excluding steroid dienone is 5. The molecule has 3 N–H and O–H groups in total. The van der Waals surface area contributed by atoms with Crippen molar-refractivity contribution in [2.24, 2.45) is 0 Å². The Labute approximate surface area is 378 Å². The molecule has 0 aromatic carbocycles. The van der Waals surface area contributed by atoms with Crippen molar-refractivity contribution in [1.29, 1.82) is 0 Å². The third-order valence-corrected chi connectivity index (χ3v) is 12.6. The van der Waals surface area contributed by atoms with Crippen LogP contribution in [0, 0.1) is 0 Å². The molecule has 8 nitrogen and oxygen atoms in total. The summed E-state index contributed by atoms with van der Waals surface area (Å²) in [5.41, 5.74) is 0. The molecule has 0 radical (unpaired) electrons. The summed E-state index contributed by atoms with van der Waals surface area (Å²) in [6.07, 6.45) is 55.2. The molecule has 360 valence electrons. The maximum atomic E-state index is 12.9. The number of likely N-dealkylation sites (N-methyl/N-ethyl adjacent to an activating group) is 1. The summed E-state index contributed by atoms with van der Waals surface area (Å²) in [5, 5.41) is 13.8. The van der Waals surface area contributed by atoms with Gasteiger partial charge in [0, 0.05) is 6.42 Å². The molecule has 0 fully saturated rings. The number of quaternary nitrogens is 1. The van der Waals surface area contributed by atoms with Crippen LogP contribution in [0.5, 0.6) is 0 Å². The first kappa shape index (κ1) is 59.7. The lowest BCUT2D eigenvalue weighted by atomic mass is 10.0. The molecule has 0 spiro atoms. The van der Waals surface area contributed by atoms with Crippen molar-refractivity contribution < 1.29 is 32.9 Å². The number of aliphatic hydroxyl groups is 1. The first-order chi connectivity index (χ1) is 29.5. The second kappa shape index (κ2) is 43.9. The second-order valence-electron chi connectivity index (χ2n) is 18.9. The number of unbranched alkanes of at least 4 members (excludes halogenated alkanes) is 30. The monoisotopic (exact) mass is 882 g/mol. The van der Waals surface area contributed by atoms with E-state index in [1.807, 2.05) is 27.2 Å². The summed E-state index contributed by atoms with van der Waals surface area (Å²) in [6, 6.07) is -0.844. The van der Waals surface area contributed by atoms with Crippen molar-refractivity contribution in [2.75, 3.05) is 40.9 Å². The highest BCUT2D eigenvalue weighted by atomic mass is 31.2. The zero-order chi connectivity index (χ0) is 45.0. The van der Waals surface area contributed by atoms with Crippen LogP contribution in [0.25, 0.3) is 0 Å². The molecule has 1 amide bonds. The van der Waals surface area contributed by atoms with Crippen molar-refractivity contribution in [3.05, 3.63) is 36.5 Å². The summed E-state index contributed by atoms with van der Waals surface area (Å²) < 4.78 is 23.6. The van der Waals surface area contributed by atoms with E-state index >= 15 is 0 Å². The quantitative estimate of drug-likeness (QED) is 0.0243. The van der Waals surface area contributed by atoms with Gasteiger partial charge in [0.25, 0.3) is 0 Å². The SMILES string of the molecule is CCCCCCC/C=C\C/C=C\CCCCCCCCCCCCCCCCCC(=O)NC(COP(=O)(O)OCC[N+](C)(C)C)C(O)/C=C/CCCCCCCCCCCC. The highest BCUT2D eigenvalue weighted by Crippen LogP contribution is 2.43. The van der Waals surface area contributed by atoms with Crippen LogP contribution in [0.4, 0.5) is 0 Å². The Morgan fingerprint density at radius 3 is 1.34 bits per heavy atom. The normalized spacial score (nSPS) is 14.4. The van der Waals surface area contributed by atoms with Crippen molar-refractivity contribution in [2.45, 2.75) is 251 Å². The second-order valence-corrected chi connectivity index (χ2v) is 20.4. The zero-order valence-electron chi connectivity index (χ0n) is 40.9. The Morgan fingerprint density at radius 1 is 0.557 bits per heavy atom. The molecule has 0 aliphatic heterocycles. The molecule has 61 heavy (non-hydrogen) atoms. The Balaban J connectivity index is 4.13. The van der Waals surface area contributed by atoms with Crippen molar-refractivity contribution in [3.63, 3.8) is 0 Å². The van der Waals surface area contributed by atoms with Gasteiger partial charge in [0.1, 0.15) is 13.2 Å². The molecule has 0 saturated heterocycles. The minimum absolute atomic E-state index is 0.0622. The van der Waals surface area contributed by atoms with Crippen LogP contribution >= 0.6 is 7.82 Å². The lowest BCUT2D eigenvalue weighted by Crippen LogP contribution is -2.45. The van der Waals surface area contributed by atoms with Gasteiger partial charge in [0.2, 0.25) is 5.91 Å². The molecule has 3 atom stereocenters. The van der Waals surface area contributed by atoms with E-state index in [9.17, 15) is 19.4 Å². The van der Waals surface area contributed by atoms with Gasteiger partial charge >= 0.3 is 7.82 Å². The molecular formula is C52H102N2O6P+.